The summed E-state index contributed by atoms with van der Waals surface area (Å²) in [6.45, 7) is 6.33. The smallest absolute Gasteiger partial charge is 0.476 e. The second-order valence-electron chi connectivity index (χ2n) is 6.45. The first-order valence-electron chi connectivity index (χ1n) is 8.47. The van der Waals surface area contributed by atoms with E-state index in [0.717, 1.165) is 19.5 Å². The first-order valence-corrected chi connectivity index (χ1v) is 8.47. The number of aromatic carboxylic acids is 1. The SMILES string of the molecule is CC(C)N1CCc2cc(Oc3nn[nH]c3C(=O)O)ccc2C1.O=C(O)C(F)(F)F. The molecule has 2 aromatic rings. The van der Waals surface area contributed by atoms with Crippen LogP contribution in [0.25, 0.3) is 0 Å². The summed E-state index contributed by atoms with van der Waals surface area (Å²) in [5, 5.41) is 25.6. The molecule has 0 saturated heterocycles. The Morgan fingerprint density at radius 3 is 2.45 bits per heavy atom. The van der Waals surface area contributed by atoms with Gasteiger partial charge in [0.05, 0.1) is 0 Å². The number of fused-ring (bicyclic) bond motifs is 1. The Balaban J connectivity index is 0.000000370. The highest BCUT2D eigenvalue weighted by molar-refractivity contribution is 5.87. The normalized spacial score (nSPS) is 14.0. The van der Waals surface area contributed by atoms with E-state index < -0.39 is 18.1 Å². The number of hydrogen-bond acceptors (Lipinski definition) is 6. The molecule has 0 saturated carbocycles. The number of H-pyrrole nitrogens is 1. The number of halogens is 3. The summed E-state index contributed by atoms with van der Waals surface area (Å²) in [4.78, 5) is 22.3. The molecule has 0 amide bonds. The molecular weight excluding hydrogens is 397 g/mol. The third-order valence-corrected chi connectivity index (χ3v) is 4.14. The second kappa shape index (κ2) is 8.90. The molecule has 0 atom stereocenters. The second-order valence-corrected chi connectivity index (χ2v) is 6.45. The fraction of sp³-hybridized carbons (Fsp3) is 0.412. The van der Waals surface area contributed by atoms with Crippen molar-refractivity contribution in [3.8, 4) is 11.6 Å². The van der Waals surface area contributed by atoms with Crippen molar-refractivity contribution in [1.29, 1.82) is 0 Å². The lowest BCUT2D eigenvalue weighted by Crippen LogP contribution is -2.35. The highest BCUT2D eigenvalue weighted by Crippen LogP contribution is 2.28. The predicted octanol–water partition coefficient (Wildman–Crippen LogP) is 2.70. The number of aromatic nitrogens is 3. The first kappa shape index (κ1) is 22.1. The van der Waals surface area contributed by atoms with Crippen LogP contribution in [0.3, 0.4) is 0 Å². The zero-order valence-electron chi connectivity index (χ0n) is 15.5. The molecule has 1 aromatic heterocycles. The molecule has 0 unspecified atom stereocenters. The van der Waals surface area contributed by atoms with Gasteiger partial charge in [-0.25, -0.2) is 14.7 Å². The van der Waals surface area contributed by atoms with E-state index in [1.807, 2.05) is 18.2 Å². The van der Waals surface area contributed by atoms with Crippen LogP contribution in [0.4, 0.5) is 13.2 Å². The van der Waals surface area contributed by atoms with Gasteiger partial charge in [-0.2, -0.15) is 13.2 Å². The average Bonchev–Trinajstić information content (AvgIpc) is 3.09. The van der Waals surface area contributed by atoms with Crippen molar-refractivity contribution in [2.75, 3.05) is 6.54 Å². The fourth-order valence-electron chi connectivity index (χ4n) is 2.60. The number of aromatic amines is 1. The van der Waals surface area contributed by atoms with Gasteiger partial charge in [0, 0.05) is 19.1 Å². The number of benzene rings is 1. The number of ether oxygens (including phenoxy) is 1. The van der Waals surface area contributed by atoms with E-state index in [4.69, 9.17) is 19.7 Å². The van der Waals surface area contributed by atoms with Gasteiger partial charge in [0.15, 0.2) is 0 Å². The van der Waals surface area contributed by atoms with Crippen LogP contribution in [0.1, 0.15) is 35.5 Å². The quantitative estimate of drug-likeness (QED) is 0.694. The van der Waals surface area contributed by atoms with Gasteiger partial charge in [-0.05, 0) is 43.5 Å². The number of hydrogen-bond donors (Lipinski definition) is 3. The van der Waals surface area contributed by atoms with Gasteiger partial charge in [-0.15, -0.1) is 0 Å². The summed E-state index contributed by atoms with van der Waals surface area (Å²) in [5.41, 5.74) is 2.37. The molecular formula is C17H19F3N4O5. The van der Waals surface area contributed by atoms with Crippen molar-refractivity contribution in [3.63, 3.8) is 0 Å². The van der Waals surface area contributed by atoms with E-state index in [9.17, 15) is 18.0 Å². The summed E-state index contributed by atoms with van der Waals surface area (Å²) in [6.07, 6.45) is -4.13. The molecule has 1 aliphatic rings. The maximum absolute atomic E-state index is 11.0. The van der Waals surface area contributed by atoms with Gasteiger partial charge in [0.2, 0.25) is 5.69 Å². The van der Waals surface area contributed by atoms with Crippen LogP contribution in [0.15, 0.2) is 18.2 Å². The highest BCUT2D eigenvalue weighted by atomic mass is 19.4. The molecule has 0 spiro atoms. The lowest BCUT2D eigenvalue weighted by molar-refractivity contribution is -0.192. The molecule has 12 heteroatoms. The Morgan fingerprint density at radius 2 is 1.90 bits per heavy atom. The maximum atomic E-state index is 11.0. The third-order valence-electron chi connectivity index (χ3n) is 4.14. The summed E-state index contributed by atoms with van der Waals surface area (Å²) in [5.74, 6) is -3.35. The van der Waals surface area contributed by atoms with Gasteiger partial charge in [-0.1, -0.05) is 16.4 Å². The molecule has 0 bridgehead atoms. The molecule has 3 rings (SSSR count). The maximum Gasteiger partial charge on any atom is 0.490 e. The molecule has 2 heterocycles. The number of nitrogens with one attached hydrogen (secondary N) is 1. The van der Waals surface area contributed by atoms with Crippen LogP contribution >= 0.6 is 0 Å². The number of carboxylic acid groups (broad SMARTS) is 2. The molecule has 1 aliphatic heterocycles. The van der Waals surface area contributed by atoms with E-state index in [0.29, 0.717) is 11.8 Å². The number of rotatable bonds is 4. The van der Waals surface area contributed by atoms with Gasteiger partial charge < -0.3 is 14.9 Å². The number of aliphatic carboxylic acids is 1. The van der Waals surface area contributed by atoms with Gasteiger partial charge in [-0.3, -0.25) is 4.90 Å². The van der Waals surface area contributed by atoms with Crippen molar-refractivity contribution in [3.05, 3.63) is 35.0 Å². The summed E-state index contributed by atoms with van der Waals surface area (Å²) >= 11 is 0. The van der Waals surface area contributed by atoms with Crippen LogP contribution in [0.2, 0.25) is 0 Å². The zero-order valence-corrected chi connectivity index (χ0v) is 15.5. The van der Waals surface area contributed by atoms with Crippen molar-refractivity contribution < 1.29 is 37.7 Å². The van der Waals surface area contributed by atoms with Gasteiger partial charge in [0.1, 0.15) is 5.75 Å². The minimum atomic E-state index is -5.08. The Hall–Kier alpha value is -3.15. The van der Waals surface area contributed by atoms with Crippen molar-refractivity contribution in [2.45, 2.75) is 39.0 Å². The Labute approximate surface area is 163 Å². The topological polar surface area (TPSA) is 129 Å². The Kier molecular flexibility index (Phi) is 6.80. The average molecular weight is 416 g/mol. The summed E-state index contributed by atoms with van der Waals surface area (Å²) < 4.78 is 37.3. The van der Waals surface area contributed by atoms with Crippen LogP contribution in [0, 0.1) is 0 Å². The van der Waals surface area contributed by atoms with Crippen LogP contribution in [0.5, 0.6) is 11.6 Å². The molecule has 0 radical (unpaired) electrons. The van der Waals surface area contributed by atoms with E-state index >= 15 is 0 Å². The van der Waals surface area contributed by atoms with Crippen LogP contribution in [-0.2, 0) is 17.8 Å². The minimum absolute atomic E-state index is 0.0212. The van der Waals surface area contributed by atoms with E-state index in [2.05, 4.69) is 34.2 Å². The van der Waals surface area contributed by atoms with Crippen molar-refractivity contribution >= 4 is 11.9 Å². The predicted molar refractivity (Wildman–Crippen MR) is 92.8 cm³/mol. The number of nitrogens with zero attached hydrogens (tertiary/aromatic N) is 3. The third kappa shape index (κ3) is 5.91. The molecule has 158 valence electrons. The van der Waals surface area contributed by atoms with E-state index in [-0.39, 0.29) is 11.6 Å². The van der Waals surface area contributed by atoms with E-state index in [1.54, 1.807) is 0 Å². The van der Waals surface area contributed by atoms with Gasteiger partial charge >= 0.3 is 18.1 Å². The lowest BCUT2D eigenvalue weighted by Gasteiger charge is -2.32. The number of alkyl halides is 3. The fourth-order valence-corrected chi connectivity index (χ4v) is 2.60. The molecule has 1 aromatic carbocycles. The molecule has 3 N–H and O–H groups in total. The molecule has 0 fully saturated rings. The van der Waals surface area contributed by atoms with Crippen LogP contribution < -0.4 is 4.74 Å². The first-order chi connectivity index (χ1) is 13.5. The van der Waals surface area contributed by atoms with E-state index in [1.165, 1.54) is 11.1 Å². The standard InChI is InChI=1S/C15H18N4O3.C2HF3O2/c1-9(2)19-6-5-10-7-12(4-3-11(10)8-19)22-14-13(15(20)21)16-18-17-14;3-2(4,5)1(6)7/h3-4,7,9H,5-6,8H2,1-2H3,(H,20,21)(H,16,17,18);(H,6,7). The lowest BCUT2D eigenvalue weighted by atomic mass is 9.98. The molecule has 29 heavy (non-hydrogen) atoms. The van der Waals surface area contributed by atoms with Crippen molar-refractivity contribution in [1.82, 2.24) is 20.3 Å². The minimum Gasteiger partial charge on any atom is -0.476 e. The Morgan fingerprint density at radius 1 is 1.24 bits per heavy atom. The summed E-state index contributed by atoms with van der Waals surface area (Å²) in [7, 11) is 0. The highest BCUT2D eigenvalue weighted by Gasteiger charge is 2.38. The largest absolute Gasteiger partial charge is 0.490 e. The monoisotopic (exact) mass is 416 g/mol. The van der Waals surface area contributed by atoms with Crippen molar-refractivity contribution in [2.24, 2.45) is 0 Å². The van der Waals surface area contributed by atoms with Gasteiger partial charge in [0.25, 0.3) is 5.88 Å². The molecule has 0 aliphatic carbocycles. The Bertz CT molecular complexity index is 882. The molecule has 9 nitrogen and oxygen atoms in total. The number of carbonyl (C=O) groups is 2. The summed E-state index contributed by atoms with van der Waals surface area (Å²) in [6, 6.07) is 6.34. The zero-order chi connectivity index (χ0) is 21.8. The number of carboxylic acids is 2. The van der Waals surface area contributed by atoms with Crippen LogP contribution in [-0.4, -0.2) is 61.2 Å².